The van der Waals surface area contributed by atoms with Gasteiger partial charge in [-0.25, -0.2) is 0 Å². The van der Waals surface area contributed by atoms with E-state index in [1.54, 1.807) is 11.0 Å². The van der Waals surface area contributed by atoms with Crippen molar-refractivity contribution in [3.8, 4) is 5.75 Å². The summed E-state index contributed by atoms with van der Waals surface area (Å²) >= 11 is 0. The van der Waals surface area contributed by atoms with Crippen LogP contribution in [0.3, 0.4) is 0 Å². The number of alkyl halides is 3. The van der Waals surface area contributed by atoms with E-state index in [1.807, 2.05) is 0 Å². The number of hydrogen-bond acceptors (Lipinski definition) is 2. The third-order valence-corrected chi connectivity index (χ3v) is 2.73. The van der Waals surface area contributed by atoms with E-state index in [0.29, 0.717) is 18.5 Å². The number of para-hydroxylation sites is 1. The quantitative estimate of drug-likeness (QED) is 0.835. The molecule has 18 heavy (non-hydrogen) atoms. The van der Waals surface area contributed by atoms with Crippen LogP contribution < -0.4 is 4.74 Å². The Bertz CT molecular complexity index is 445. The molecule has 98 valence electrons. The minimum absolute atomic E-state index is 0.0307. The van der Waals surface area contributed by atoms with Crippen molar-refractivity contribution in [2.45, 2.75) is 25.7 Å². The first-order valence-electron chi connectivity index (χ1n) is 5.57. The van der Waals surface area contributed by atoms with Gasteiger partial charge in [0.2, 0.25) is 5.91 Å². The molecule has 0 aromatic heterocycles. The van der Waals surface area contributed by atoms with Crippen molar-refractivity contribution in [3.05, 3.63) is 29.8 Å². The molecule has 0 spiro atoms. The molecule has 0 N–H and O–H groups in total. The first-order chi connectivity index (χ1) is 8.46. The van der Waals surface area contributed by atoms with E-state index in [4.69, 9.17) is 0 Å². The minimum Gasteiger partial charge on any atom is -0.405 e. The average Bonchev–Trinajstić information content (AvgIpc) is 2.65. The van der Waals surface area contributed by atoms with E-state index < -0.39 is 6.36 Å². The maximum Gasteiger partial charge on any atom is 0.573 e. The molecule has 0 unspecified atom stereocenters. The summed E-state index contributed by atoms with van der Waals surface area (Å²) < 4.78 is 40.6. The smallest absolute Gasteiger partial charge is 0.405 e. The minimum atomic E-state index is -4.72. The van der Waals surface area contributed by atoms with Gasteiger partial charge in [-0.05, 0) is 12.5 Å². The van der Waals surface area contributed by atoms with E-state index in [9.17, 15) is 18.0 Å². The van der Waals surface area contributed by atoms with E-state index in [2.05, 4.69) is 4.74 Å². The van der Waals surface area contributed by atoms with Crippen LogP contribution in [0.15, 0.2) is 24.3 Å². The van der Waals surface area contributed by atoms with Gasteiger partial charge in [0.25, 0.3) is 0 Å². The summed E-state index contributed by atoms with van der Waals surface area (Å²) in [6.45, 7) is 0.740. The van der Waals surface area contributed by atoms with Crippen LogP contribution in [-0.2, 0) is 11.3 Å². The van der Waals surface area contributed by atoms with E-state index in [1.165, 1.54) is 18.2 Å². The van der Waals surface area contributed by atoms with Gasteiger partial charge in [0.1, 0.15) is 5.75 Å². The lowest BCUT2D eigenvalue weighted by molar-refractivity contribution is -0.275. The maximum absolute atomic E-state index is 12.2. The highest BCUT2D eigenvalue weighted by Gasteiger charge is 2.32. The Morgan fingerprint density at radius 1 is 1.28 bits per heavy atom. The molecule has 1 amide bonds. The summed E-state index contributed by atoms with van der Waals surface area (Å²) in [6.07, 6.45) is -3.51. The number of carbonyl (C=O) groups excluding carboxylic acids is 1. The lowest BCUT2D eigenvalue weighted by atomic mass is 10.2. The van der Waals surface area contributed by atoms with Crippen molar-refractivity contribution in [1.29, 1.82) is 0 Å². The monoisotopic (exact) mass is 259 g/mol. The number of benzene rings is 1. The largest absolute Gasteiger partial charge is 0.573 e. The fourth-order valence-corrected chi connectivity index (χ4v) is 1.94. The predicted molar refractivity (Wildman–Crippen MR) is 57.8 cm³/mol. The van der Waals surface area contributed by atoms with Crippen molar-refractivity contribution in [2.24, 2.45) is 0 Å². The molecular formula is C12H12F3NO2. The van der Waals surface area contributed by atoms with Gasteiger partial charge in [-0.3, -0.25) is 4.79 Å². The summed E-state index contributed by atoms with van der Waals surface area (Å²) in [5.41, 5.74) is 0.366. The van der Waals surface area contributed by atoms with Crippen LogP contribution in [0.2, 0.25) is 0 Å². The molecule has 6 heteroatoms. The highest BCUT2D eigenvalue weighted by atomic mass is 19.4. The van der Waals surface area contributed by atoms with Gasteiger partial charge in [0.15, 0.2) is 0 Å². The van der Waals surface area contributed by atoms with Gasteiger partial charge >= 0.3 is 6.36 Å². The van der Waals surface area contributed by atoms with Crippen LogP contribution in [-0.4, -0.2) is 23.7 Å². The van der Waals surface area contributed by atoms with Crippen LogP contribution >= 0.6 is 0 Å². The zero-order valence-corrected chi connectivity index (χ0v) is 9.54. The molecule has 2 rings (SSSR count). The fraction of sp³-hybridized carbons (Fsp3) is 0.417. The summed E-state index contributed by atoms with van der Waals surface area (Å²) in [6, 6.07) is 5.88. The van der Waals surface area contributed by atoms with Gasteiger partial charge in [0.05, 0.1) is 0 Å². The number of ether oxygens (including phenoxy) is 1. The lowest BCUT2D eigenvalue weighted by Crippen LogP contribution is -2.25. The number of likely N-dealkylation sites (tertiary alicyclic amines) is 1. The molecule has 1 heterocycles. The molecule has 0 aliphatic carbocycles. The number of nitrogens with zero attached hydrogens (tertiary/aromatic N) is 1. The van der Waals surface area contributed by atoms with Gasteiger partial charge < -0.3 is 9.64 Å². The molecule has 3 nitrogen and oxygen atoms in total. The number of halogens is 3. The number of carbonyl (C=O) groups is 1. The highest BCUT2D eigenvalue weighted by molar-refractivity contribution is 5.78. The molecule has 0 atom stereocenters. The molecule has 1 aliphatic rings. The lowest BCUT2D eigenvalue weighted by Gasteiger charge is -2.18. The molecule has 1 aromatic rings. The zero-order valence-electron chi connectivity index (χ0n) is 9.54. The first-order valence-corrected chi connectivity index (χ1v) is 5.57. The Morgan fingerprint density at radius 2 is 2.00 bits per heavy atom. The van der Waals surface area contributed by atoms with Crippen LogP contribution in [0.1, 0.15) is 18.4 Å². The average molecular weight is 259 g/mol. The SMILES string of the molecule is O=C1CCCN1Cc1ccccc1OC(F)(F)F. The normalized spacial score (nSPS) is 16.2. The standard InChI is InChI=1S/C12H12F3NO2/c13-12(14,15)18-10-5-2-1-4-9(10)8-16-7-3-6-11(16)17/h1-2,4-5H,3,6-8H2. The Hall–Kier alpha value is -1.72. The van der Waals surface area contributed by atoms with Gasteiger partial charge in [-0.1, -0.05) is 18.2 Å². The first kappa shape index (κ1) is 12.7. The van der Waals surface area contributed by atoms with Gasteiger partial charge in [0, 0.05) is 25.1 Å². The zero-order chi connectivity index (χ0) is 13.2. The van der Waals surface area contributed by atoms with E-state index >= 15 is 0 Å². The molecule has 0 saturated carbocycles. The number of rotatable bonds is 3. The van der Waals surface area contributed by atoms with Crippen molar-refractivity contribution in [2.75, 3.05) is 6.54 Å². The summed E-state index contributed by atoms with van der Waals surface area (Å²) in [5.74, 6) is -0.276. The van der Waals surface area contributed by atoms with Crippen molar-refractivity contribution in [3.63, 3.8) is 0 Å². The fourth-order valence-electron chi connectivity index (χ4n) is 1.94. The highest BCUT2D eigenvalue weighted by Crippen LogP contribution is 2.28. The topological polar surface area (TPSA) is 29.5 Å². The van der Waals surface area contributed by atoms with Crippen molar-refractivity contribution >= 4 is 5.91 Å². The predicted octanol–water partition coefficient (Wildman–Crippen LogP) is 2.71. The molecule has 1 saturated heterocycles. The molecule has 1 aromatic carbocycles. The molecule has 0 bridgehead atoms. The van der Waals surface area contributed by atoms with Crippen molar-refractivity contribution in [1.82, 2.24) is 4.90 Å². The Labute approximate surface area is 102 Å². The van der Waals surface area contributed by atoms with Crippen LogP contribution in [0, 0.1) is 0 Å². The van der Waals surface area contributed by atoms with E-state index in [0.717, 1.165) is 6.42 Å². The van der Waals surface area contributed by atoms with Crippen LogP contribution in [0.4, 0.5) is 13.2 Å². The van der Waals surface area contributed by atoms with Gasteiger partial charge in [-0.15, -0.1) is 13.2 Å². The maximum atomic E-state index is 12.2. The second-order valence-electron chi connectivity index (χ2n) is 4.07. The molecular weight excluding hydrogens is 247 g/mol. The Morgan fingerprint density at radius 3 is 2.61 bits per heavy atom. The Balaban J connectivity index is 2.14. The second kappa shape index (κ2) is 4.88. The molecule has 0 radical (unpaired) electrons. The van der Waals surface area contributed by atoms with Crippen molar-refractivity contribution < 1.29 is 22.7 Å². The Kier molecular flexibility index (Phi) is 3.45. The van der Waals surface area contributed by atoms with E-state index in [-0.39, 0.29) is 18.2 Å². The summed E-state index contributed by atoms with van der Waals surface area (Å²) in [4.78, 5) is 13.0. The summed E-state index contributed by atoms with van der Waals surface area (Å²) in [7, 11) is 0. The number of amides is 1. The van der Waals surface area contributed by atoms with Gasteiger partial charge in [-0.2, -0.15) is 0 Å². The number of hydrogen-bond donors (Lipinski definition) is 0. The third-order valence-electron chi connectivity index (χ3n) is 2.73. The molecule has 1 aliphatic heterocycles. The third kappa shape index (κ3) is 3.15. The van der Waals surface area contributed by atoms with Crippen LogP contribution in [0.5, 0.6) is 5.75 Å². The van der Waals surface area contributed by atoms with Crippen LogP contribution in [0.25, 0.3) is 0 Å². The second-order valence-corrected chi connectivity index (χ2v) is 4.07. The summed E-state index contributed by atoms with van der Waals surface area (Å²) in [5, 5.41) is 0. The molecule has 1 fully saturated rings.